The zero-order chi connectivity index (χ0) is 23.9. The van der Waals surface area contributed by atoms with Crippen molar-refractivity contribution in [2.24, 2.45) is 0 Å². The quantitative estimate of drug-likeness (QED) is 0.240. The van der Waals surface area contributed by atoms with Gasteiger partial charge in [0, 0.05) is 23.1 Å². The van der Waals surface area contributed by atoms with Crippen molar-refractivity contribution in [3.8, 4) is 33.9 Å². The summed E-state index contributed by atoms with van der Waals surface area (Å²) in [5.41, 5.74) is 9.89. The molecule has 4 aromatic rings. The Morgan fingerprint density at radius 2 is 1.62 bits per heavy atom. The molecule has 0 saturated carbocycles. The predicted molar refractivity (Wildman–Crippen MR) is 138 cm³/mol. The maximum atomic E-state index is 10.5. The Labute approximate surface area is 202 Å². The van der Waals surface area contributed by atoms with Crippen LogP contribution in [0.15, 0.2) is 78.9 Å². The van der Waals surface area contributed by atoms with Crippen LogP contribution in [0.5, 0.6) is 11.5 Å². The highest BCUT2D eigenvalue weighted by molar-refractivity contribution is 7.98. The number of aliphatic hydroxyl groups excluding tert-OH is 1. The van der Waals surface area contributed by atoms with Crippen LogP contribution in [-0.4, -0.2) is 43.7 Å². The first-order valence-corrected chi connectivity index (χ1v) is 11.9. The van der Waals surface area contributed by atoms with Crippen LogP contribution >= 0.6 is 11.8 Å². The van der Waals surface area contributed by atoms with E-state index in [9.17, 15) is 15.3 Å². The first kappa shape index (κ1) is 23.4. The van der Waals surface area contributed by atoms with Gasteiger partial charge in [0.15, 0.2) is 0 Å². The van der Waals surface area contributed by atoms with Gasteiger partial charge >= 0.3 is 0 Å². The molecule has 3 aromatic carbocycles. The molecule has 6 N–H and O–H groups in total. The van der Waals surface area contributed by atoms with E-state index < -0.39 is 0 Å². The highest BCUT2D eigenvalue weighted by atomic mass is 32.2. The van der Waals surface area contributed by atoms with E-state index in [1.807, 2.05) is 24.3 Å². The van der Waals surface area contributed by atoms with Crippen LogP contribution < -0.4 is 11.1 Å². The second kappa shape index (κ2) is 10.9. The molecule has 0 spiro atoms. The molecule has 4 rings (SSSR count). The zero-order valence-corrected chi connectivity index (χ0v) is 19.2. The van der Waals surface area contributed by atoms with E-state index in [0.29, 0.717) is 22.8 Å². The number of aromatic nitrogens is 2. The Bertz CT molecular complexity index is 1240. The number of nitrogens with two attached hydrogens (primary N) is 1. The standard InChI is InChI=1S/C26H26N4O3S/c27-26-29-23(22-12-19(8-11-24(22)33)18-6-9-21(32)10-7-18)13-25(30-26)28-20(14-31)16-34-15-17-4-2-1-3-5-17/h1-13,20,31-33H,14-16H2,(H3,27,28,29,30)/t20-/m1/s1. The summed E-state index contributed by atoms with van der Waals surface area (Å²) in [6.07, 6.45) is 0. The van der Waals surface area contributed by atoms with Gasteiger partial charge in [0.25, 0.3) is 0 Å². The molecular weight excluding hydrogens is 448 g/mol. The molecule has 0 fully saturated rings. The number of benzene rings is 3. The summed E-state index contributed by atoms with van der Waals surface area (Å²) < 4.78 is 0. The Kier molecular flexibility index (Phi) is 7.51. The Morgan fingerprint density at radius 1 is 0.882 bits per heavy atom. The third kappa shape index (κ3) is 5.98. The number of nitrogen functional groups attached to an aromatic ring is 1. The summed E-state index contributed by atoms with van der Waals surface area (Å²) in [4.78, 5) is 8.57. The molecule has 0 bridgehead atoms. The van der Waals surface area contributed by atoms with Crippen molar-refractivity contribution < 1.29 is 15.3 Å². The van der Waals surface area contributed by atoms with E-state index in [-0.39, 0.29) is 30.1 Å². The molecule has 1 aromatic heterocycles. The molecule has 1 heterocycles. The number of thioether (sulfide) groups is 1. The van der Waals surface area contributed by atoms with Crippen molar-refractivity contribution in [3.05, 3.63) is 84.4 Å². The summed E-state index contributed by atoms with van der Waals surface area (Å²) in [5, 5.41) is 33.1. The maximum Gasteiger partial charge on any atom is 0.222 e. The van der Waals surface area contributed by atoms with E-state index in [1.165, 1.54) is 5.56 Å². The van der Waals surface area contributed by atoms with Crippen LogP contribution in [0.2, 0.25) is 0 Å². The van der Waals surface area contributed by atoms with E-state index in [1.54, 1.807) is 54.2 Å². The Balaban J connectivity index is 1.52. The van der Waals surface area contributed by atoms with E-state index in [0.717, 1.165) is 16.9 Å². The predicted octanol–water partition coefficient (Wildman–Crippen LogP) is 4.51. The summed E-state index contributed by atoms with van der Waals surface area (Å²) in [6.45, 7) is -0.0668. The number of rotatable bonds is 9. The normalized spacial score (nSPS) is 11.8. The topological polar surface area (TPSA) is 125 Å². The number of aromatic hydroxyl groups is 2. The second-order valence-electron chi connectivity index (χ2n) is 7.80. The van der Waals surface area contributed by atoms with Crippen molar-refractivity contribution in [1.29, 1.82) is 0 Å². The minimum Gasteiger partial charge on any atom is -0.508 e. The molecule has 0 aliphatic heterocycles. The van der Waals surface area contributed by atoms with Crippen LogP contribution in [0.1, 0.15) is 5.56 Å². The minimum atomic E-state index is -0.229. The van der Waals surface area contributed by atoms with Gasteiger partial charge in [0.2, 0.25) is 5.95 Å². The van der Waals surface area contributed by atoms with E-state index >= 15 is 0 Å². The second-order valence-corrected chi connectivity index (χ2v) is 8.83. The van der Waals surface area contributed by atoms with Crippen LogP contribution in [0.25, 0.3) is 22.4 Å². The third-order valence-electron chi connectivity index (χ3n) is 5.22. The summed E-state index contributed by atoms with van der Waals surface area (Å²) in [6, 6.07) is 23.6. The lowest BCUT2D eigenvalue weighted by Crippen LogP contribution is -2.27. The first-order valence-electron chi connectivity index (χ1n) is 10.8. The van der Waals surface area contributed by atoms with Gasteiger partial charge < -0.3 is 26.4 Å². The fraction of sp³-hybridized carbons (Fsp3) is 0.154. The van der Waals surface area contributed by atoms with Crippen LogP contribution in [0.4, 0.5) is 11.8 Å². The van der Waals surface area contributed by atoms with Crippen molar-refractivity contribution in [2.45, 2.75) is 11.8 Å². The number of nitrogens with one attached hydrogen (secondary N) is 1. The highest BCUT2D eigenvalue weighted by Crippen LogP contribution is 2.34. The fourth-order valence-electron chi connectivity index (χ4n) is 3.49. The molecule has 0 amide bonds. The molecule has 174 valence electrons. The number of hydrogen-bond acceptors (Lipinski definition) is 8. The van der Waals surface area contributed by atoms with Crippen molar-refractivity contribution in [1.82, 2.24) is 9.97 Å². The lowest BCUT2D eigenvalue weighted by atomic mass is 10.0. The van der Waals surface area contributed by atoms with Crippen molar-refractivity contribution >= 4 is 23.5 Å². The van der Waals surface area contributed by atoms with Gasteiger partial charge in [-0.1, -0.05) is 48.5 Å². The smallest absolute Gasteiger partial charge is 0.222 e. The maximum absolute atomic E-state index is 10.5. The lowest BCUT2D eigenvalue weighted by molar-refractivity contribution is 0.283. The van der Waals surface area contributed by atoms with Gasteiger partial charge in [-0.3, -0.25) is 0 Å². The SMILES string of the molecule is Nc1nc(N[C@H](CO)CSCc2ccccc2)cc(-c2cc(-c3ccc(O)cc3)ccc2O)n1. The van der Waals surface area contributed by atoms with Gasteiger partial charge in [0.05, 0.1) is 18.3 Å². The molecule has 0 saturated heterocycles. The van der Waals surface area contributed by atoms with Gasteiger partial charge in [-0.2, -0.15) is 16.7 Å². The average Bonchev–Trinajstić information content (AvgIpc) is 2.84. The molecule has 34 heavy (non-hydrogen) atoms. The molecule has 7 nitrogen and oxygen atoms in total. The molecule has 8 heteroatoms. The molecular formula is C26H26N4O3S. The summed E-state index contributed by atoms with van der Waals surface area (Å²) in [5.74, 6) is 2.28. The zero-order valence-electron chi connectivity index (χ0n) is 18.4. The third-order valence-corrected chi connectivity index (χ3v) is 6.40. The van der Waals surface area contributed by atoms with Gasteiger partial charge in [-0.05, 0) is 41.0 Å². The van der Waals surface area contributed by atoms with Gasteiger partial charge in [-0.15, -0.1) is 0 Å². The van der Waals surface area contributed by atoms with Crippen LogP contribution in [-0.2, 0) is 5.75 Å². The Hall–Kier alpha value is -3.75. The average molecular weight is 475 g/mol. The molecule has 0 aliphatic carbocycles. The van der Waals surface area contributed by atoms with Crippen molar-refractivity contribution in [2.75, 3.05) is 23.4 Å². The largest absolute Gasteiger partial charge is 0.508 e. The summed E-state index contributed by atoms with van der Waals surface area (Å²) in [7, 11) is 0. The van der Waals surface area contributed by atoms with Crippen LogP contribution in [0.3, 0.4) is 0 Å². The van der Waals surface area contributed by atoms with Crippen molar-refractivity contribution in [3.63, 3.8) is 0 Å². The van der Waals surface area contributed by atoms with Gasteiger partial charge in [0.1, 0.15) is 17.3 Å². The number of aliphatic hydroxyl groups is 1. The minimum absolute atomic E-state index is 0.0584. The highest BCUT2D eigenvalue weighted by Gasteiger charge is 2.14. The number of nitrogens with zero attached hydrogens (tertiary/aromatic N) is 2. The van der Waals surface area contributed by atoms with Gasteiger partial charge in [-0.25, -0.2) is 4.98 Å². The molecule has 0 unspecified atom stereocenters. The summed E-state index contributed by atoms with van der Waals surface area (Å²) >= 11 is 1.71. The number of hydrogen-bond donors (Lipinski definition) is 5. The molecule has 1 atom stereocenters. The monoisotopic (exact) mass is 474 g/mol. The number of phenolic OH excluding ortho intramolecular Hbond substituents is 2. The molecule has 0 radical (unpaired) electrons. The van der Waals surface area contributed by atoms with E-state index in [4.69, 9.17) is 5.73 Å². The number of phenols is 2. The van der Waals surface area contributed by atoms with E-state index in [2.05, 4.69) is 27.4 Å². The Morgan fingerprint density at radius 3 is 2.35 bits per heavy atom. The lowest BCUT2D eigenvalue weighted by Gasteiger charge is -2.17. The fourth-order valence-corrected chi connectivity index (χ4v) is 4.51. The van der Waals surface area contributed by atoms with Crippen LogP contribution in [0, 0.1) is 0 Å². The molecule has 0 aliphatic rings. The number of anilines is 2. The first-order chi connectivity index (χ1) is 16.5.